The Balaban J connectivity index is 1.92. The molecule has 1 aromatic heterocycles. The fourth-order valence-electron chi connectivity index (χ4n) is 1.82. The van der Waals surface area contributed by atoms with E-state index in [1.807, 2.05) is 18.2 Å². The van der Waals surface area contributed by atoms with Crippen LogP contribution in [0.2, 0.25) is 0 Å². The first-order valence-corrected chi connectivity index (χ1v) is 8.50. The van der Waals surface area contributed by atoms with Gasteiger partial charge in [-0.15, -0.1) is 0 Å². The lowest BCUT2D eigenvalue weighted by atomic mass is 10.2. The van der Waals surface area contributed by atoms with Crippen molar-refractivity contribution >= 4 is 31.9 Å². The minimum Gasteiger partial charge on any atom is -0.486 e. The molecular formula is C16H18Br2N2O. The summed E-state index contributed by atoms with van der Waals surface area (Å²) in [5.41, 5.74) is 2.14. The van der Waals surface area contributed by atoms with E-state index >= 15 is 0 Å². The van der Waals surface area contributed by atoms with Crippen LogP contribution in [-0.2, 0) is 13.2 Å². The van der Waals surface area contributed by atoms with Crippen molar-refractivity contribution in [2.24, 2.45) is 0 Å². The summed E-state index contributed by atoms with van der Waals surface area (Å²) in [6, 6.07) is 10.1. The molecule has 5 heteroatoms. The van der Waals surface area contributed by atoms with E-state index in [0.717, 1.165) is 39.9 Å². The number of aromatic nitrogens is 1. The summed E-state index contributed by atoms with van der Waals surface area (Å²) in [6.07, 6.45) is 2.92. The summed E-state index contributed by atoms with van der Waals surface area (Å²) in [4.78, 5) is 4.29. The maximum absolute atomic E-state index is 5.80. The fraction of sp³-hybridized carbons (Fsp3) is 0.312. The maximum atomic E-state index is 5.80. The summed E-state index contributed by atoms with van der Waals surface area (Å²) < 4.78 is 7.74. The van der Waals surface area contributed by atoms with Gasteiger partial charge in [-0.25, -0.2) is 0 Å². The monoisotopic (exact) mass is 412 g/mol. The Morgan fingerprint density at radius 3 is 2.71 bits per heavy atom. The molecule has 0 unspecified atom stereocenters. The number of pyridine rings is 1. The molecule has 21 heavy (non-hydrogen) atoms. The molecule has 0 saturated heterocycles. The zero-order chi connectivity index (χ0) is 15.1. The third-order valence-corrected chi connectivity index (χ3v) is 4.01. The number of benzene rings is 1. The molecule has 1 heterocycles. The molecular weight excluding hydrogens is 396 g/mol. The molecule has 0 radical (unpaired) electrons. The molecule has 0 atom stereocenters. The molecule has 112 valence electrons. The van der Waals surface area contributed by atoms with Gasteiger partial charge in [0.1, 0.15) is 12.4 Å². The molecule has 0 aliphatic rings. The quantitative estimate of drug-likeness (QED) is 0.668. The summed E-state index contributed by atoms with van der Waals surface area (Å²) in [5, 5.41) is 3.39. The van der Waals surface area contributed by atoms with Crippen LogP contribution in [0.1, 0.15) is 24.6 Å². The van der Waals surface area contributed by atoms with E-state index in [2.05, 4.69) is 61.2 Å². The van der Waals surface area contributed by atoms with E-state index in [4.69, 9.17) is 4.74 Å². The molecule has 1 N–H and O–H groups in total. The standard InChI is InChI=1S/C16H18Br2N2O/c1-2-7-19-9-12-3-6-16(15(18)8-12)21-11-14-5-4-13(17)10-20-14/h3-6,8,10,19H,2,7,9,11H2,1H3. The molecule has 0 spiro atoms. The van der Waals surface area contributed by atoms with Crippen molar-refractivity contribution in [1.82, 2.24) is 10.3 Å². The van der Waals surface area contributed by atoms with Crippen LogP contribution in [0, 0.1) is 0 Å². The van der Waals surface area contributed by atoms with Crippen molar-refractivity contribution in [3.05, 3.63) is 56.7 Å². The summed E-state index contributed by atoms with van der Waals surface area (Å²) in [7, 11) is 0. The van der Waals surface area contributed by atoms with Crippen LogP contribution in [0.3, 0.4) is 0 Å². The predicted molar refractivity (Wildman–Crippen MR) is 92.4 cm³/mol. The molecule has 2 aromatic rings. The molecule has 0 aliphatic heterocycles. The Labute approximate surface area is 142 Å². The lowest BCUT2D eigenvalue weighted by Gasteiger charge is -2.10. The van der Waals surface area contributed by atoms with Crippen LogP contribution in [0.25, 0.3) is 0 Å². The average molecular weight is 414 g/mol. The highest BCUT2D eigenvalue weighted by Crippen LogP contribution is 2.26. The van der Waals surface area contributed by atoms with E-state index in [-0.39, 0.29) is 0 Å². The van der Waals surface area contributed by atoms with E-state index in [0.29, 0.717) is 6.61 Å². The van der Waals surface area contributed by atoms with Crippen LogP contribution < -0.4 is 10.1 Å². The maximum Gasteiger partial charge on any atom is 0.134 e. The van der Waals surface area contributed by atoms with Crippen LogP contribution in [0.4, 0.5) is 0 Å². The van der Waals surface area contributed by atoms with Gasteiger partial charge in [0.2, 0.25) is 0 Å². The number of hydrogen-bond acceptors (Lipinski definition) is 3. The smallest absolute Gasteiger partial charge is 0.134 e. The lowest BCUT2D eigenvalue weighted by Crippen LogP contribution is -2.13. The molecule has 2 rings (SSSR count). The largest absolute Gasteiger partial charge is 0.486 e. The number of hydrogen-bond donors (Lipinski definition) is 1. The number of ether oxygens (including phenoxy) is 1. The highest BCUT2D eigenvalue weighted by atomic mass is 79.9. The van der Waals surface area contributed by atoms with Crippen molar-refractivity contribution in [1.29, 1.82) is 0 Å². The normalized spacial score (nSPS) is 10.6. The van der Waals surface area contributed by atoms with Gasteiger partial charge in [0, 0.05) is 17.2 Å². The molecule has 0 amide bonds. The average Bonchev–Trinajstić information content (AvgIpc) is 2.48. The predicted octanol–water partition coefficient (Wildman–Crippen LogP) is 4.69. The van der Waals surface area contributed by atoms with Crippen LogP contribution in [0.5, 0.6) is 5.75 Å². The third kappa shape index (κ3) is 5.41. The van der Waals surface area contributed by atoms with E-state index in [1.54, 1.807) is 6.20 Å². The third-order valence-electron chi connectivity index (χ3n) is 2.92. The van der Waals surface area contributed by atoms with Crippen LogP contribution in [-0.4, -0.2) is 11.5 Å². The molecule has 1 aromatic carbocycles. The van der Waals surface area contributed by atoms with Gasteiger partial charge in [0.05, 0.1) is 10.2 Å². The summed E-state index contributed by atoms with van der Waals surface area (Å²) in [5.74, 6) is 0.832. The minimum atomic E-state index is 0.458. The van der Waals surface area contributed by atoms with Gasteiger partial charge in [-0.1, -0.05) is 13.0 Å². The van der Waals surface area contributed by atoms with Gasteiger partial charge < -0.3 is 10.1 Å². The summed E-state index contributed by atoms with van der Waals surface area (Å²) >= 11 is 6.93. The van der Waals surface area contributed by atoms with Crippen molar-refractivity contribution < 1.29 is 4.74 Å². The zero-order valence-electron chi connectivity index (χ0n) is 11.9. The Morgan fingerprint density at radius 1 is 1.19 bits per heavy atom. The van der Waals surface area contributed by atoms with Gasteiger partial charge in [-0.2, -0.15) is 0 Å². The van der Waals surface area contributed by atoms with Crippen LogP contribution >= 0.6 is 31.9 Å². The van der Waals surface area contributed by atoms with Crippen molar-refractivity contribution in [3.63, 3.8) is 0 Å². The van der Waals surface area contributed by atoms with Gasteiger partial charge in [-0.3, -0.25) is 4.98 Å². The Kier molecular flexibility index (Phi) is 6.67. The highest BCUT2D eigenvalue weighted by molar-refractivity contribution is 9.10. The Morgan fingerprint density at radius 2 is 2.05 bits per heavy atom. The second-order valence-electron chi connectivity index (χ2n) is 4.70. The molecule has 0 bridgehead atoms. The van der Waals surface area contributed by atoms with Crippen LogP contribution in [0.15, 0.2) is 45.5 Å². The summed E-state index contributed by atoms with van der Waals surface area (Å²) in [6.45, 7) is 4.53. The first-order valence-electron chi connectivity index (χ1n) is 6.91. The van der Waals surface area contributed by atoms with Gasteiger partial charge in [0.15, 0.2) is 0 Å². The number of halogens is 2. The van der Waals surface area contributed by atoms with Gasteiger partial charge in [0.25, 0.3) is 0 Å². The SMILES string of the molecule is CCCNCc1ccc(OCc2ccc(Br)cn2)c(Br)c1. The van der Waals surface area contributed by atoms with E-state index in [9.17, 15) is 0 Å². The topological polar surface area (TPSA) is 34.1 Å². The molecule has 0 aliphatic carbocycles. The van der Waals surface area contributed by atoms with Gasteiger partial charge >= 0.3 is 0 Å². The van der Waals surface area contributed by atoms with E-state index < -0.39 is 0 Å². The van der Waals surface area contributed by atoms with Crippen molar-refractivity contribution in [2.75, 3.05) is 6.54 Å². The molecule has 3 nitrogen and oxygen atoms in total. The number of rotatable bonds is 7. The zero-order valence-corrected chi connectivity index (χ0v) is 15.1. The Hall–Kier alpha value is -0.910. The second kappa shape index (κ2) is 8.51. The molecule has 0 fully saturated rings. The number of nitrogens with zero attached hydrogens (tertiary/aromatic N) is 1. The first-order chi connectivity index (χ1) is 10.2. The van der Waals surface area contributed by atoms with E-state index in [1.165, 1.54) is 5.56 Å². The highest BCUT2D eigenvalue weighted by Gasteiger charge is 2.04. The fourth-order valence-corrected chi connectivity index (χ4v) is 2.60. The Bertz CT molecular complexity index is 573. The van der Waals surface area contributed by atoms with Crippen molar-refractivity contribution in [3.8, 4) is 5.75 Å². The minimum absolute atomic E-state index is 0.458. The number of nitrogens with one attached hydrogen (secondary N) is 1. The van der Waals surface area contributed by atoms with Crippen molar-refractivity contribution in [2.45, 2.75) is 26.5 Å². The second-order valence-corrected chi connectivity index (χ2v) is 6.47. The lowest BCUT2D eigenvalue weighted by molar-refractivity contribution is 0.299. The van der Waals surface area contributed by atoms with Gasteiger partial charge in [-0.05, 0) is 74.7 Å². The first kappa shape index (κ1) is 16.5. The molecule has 0 saturated carbocycles.